The first-order chi connectivity index (χ1) is 14.3. The van der Waals surface area contributed by atoms with Crippen molar-refractivity contribution in [1.29, 1.82) is 0 Å². The molecule has 2 aliphatic rings. The van der Waals surface area contributed by atoms with Crippen molar-refractivity contribution in [3.05, 3.63) is 35.3 Å². The van der Waals surface area contributed by atoms with Gasteiger partial charge < -0.3 is 20.1 Å². The highest BCUT2D eigenvalue weighted by atomic mass is 19.1. The molecule has 0 bridgehead atoms. The van der Waals surface area contributed by atoms with Gasteiger partial charge in [-0.3, -0.25) is 14.5 Å². The molecule has 0 radical (unpaired) electrons. The van der Waals surface area contributed by atoms with Crippen LogP contribution in [-0.4, -0.2) is 89.9 Å². The van der Waals surface area contributed by atoms with E-state index in [0.717, 1.165) is 51.3 Å². The van der Waals surface area contributed by atoms with Crippen LogP contribution in [0.5, 0.6) is 0 Å². The van der Waals surface area contributed by atoms with Crippen LogP contribution in [0.4, 0.5) is 4.39 Å². The number of rotatable bonds is 3. The van der Waals surface area contributed by atoms with Crippen LogP contribution in [0.3, 0.4) is 0 Å². The van der Waals surface area contributed by atoms with E-state index in [1.807, 2.05) is 11.8 Å². The molecule has 1 aromatic carbocycles. The number of piperidine rings is 1. The van der Waals surface area contributed by atoms with Crippen LogP contribution < -0.4 is 5.32 Å². The summed E-state index contributed by atoms with van der Waals surface area (Å²) in [6.45, 7) is 8.48. The lowest BCUT2D eigenvalue weighted by Gasteiger charge is -2.44. The molecule has 0 saturated carbocycles. The van der Waals surface area contributed by atoms with E-state index in [1.54, 1.807) is 19.1 Å². The number of nitrogens with one attached hydrogen (secondary N) is 2. The number of hydrogen-bond acceptors (Lipinski definition) is 4. The summed E-state index contributed by atoms with van der Waals surface area (Å²) in [4.78, 5) is 34.1. The highest BCUT2D eigenvalue weighted by molar-refractivity contribution is 5.99. The molecule has 2 N–H and O–H groups in total. The number of carbonyl (C=O) groups is 2. The number of hydrogen-bond donors (Lipinski definition) is 2. The molecule has 2 unspecified atom stereocenters. The standard InChI is InChI=1S/C22H30FN5O2/c1-14-4-5-19(23)18-11-20(25-21(14)18)22(30)24-16-10-17(13-26(3)12-16)28-8-6-27(7-9-28)15(2)29/h4-5,11,16-17,25H,6-10,12-13H2,1-3H3,(H,24,30). The number of halogens is 1. The number of benzene rings is 1. The lowest BCUT2D eigenvalue weighted by molar-refractivity contribution is -0.131. The fraction of sp³-hybridized carbons (Fsp3) is 0.545. The Morgan fingerprint density at radius 1 is 1.17 bits per heavy atom. The SMILES string of the molecule is CC(=O)N1CCN(C2CC(NC(=O)c3cc4c(F)ccc(C)c4[nH]3)CN(C)C2)CC1. The van der Waals surface area contributed by atoms with Gasteiger partial charge in [-0.05, 0) is 38.1 Å². The molecule has 1 aromatic heterocycles. The fourth-order valence-electron chi connectivity index (χ4n) is 4.77. The van der Waals surface area contributed by atoms with Gasteiger partial charge in [-0.15, -0.1) is 0 Å². The fourth-order valence-corrected chi connectivity index (χ4v) is 4.77. The van der Waals surface area contributed by atoms with Crippen molar-refractivity contribution in [1.82, 2.24) is 25.0 Å². The average Bonchev–Trinajstić information content (AvgIpc) is 3.17. The number of nitrogens with zero attached hydrogens (tertiary/aromatic N) is 3. The summed E-state index contributed by atoms with van der Waals surface area (Å²) in [6, 6.07) is 5.09. The summed E-state index contributed by atoms with van der Waals surface area (Å²) < 4.78 is 14.1. The summed E-state index contributed by atoms with van der Waals surface area (Å²) >= 11 is 0. The van der Waals surface area contributed by atoms with Crippen molar-refractivity contribution in [2.24, 2.45) is 0 Å². The Hall–Kier alpha value is -2.45. The number of aryl methyl sites for hydroxylation is 1. The van der Waals surface area contributed by atoms with Crippen LogP contribution in [0.15, 0.2) is 18.2 Å². The van der Waals surface area contributed by atoms with Gasteiger partial charge in [0.15, 0.2) is 0 Å². The number of aromatic nitrogens is 1. The first-order valence-corrected chi connectivity index (χ1v) is 10.6. The van der Waals surface area contributed by atoms with Crippen LogP contribution in [0, 0.1) is 12.7 Å². The third kappa shape index (κ3) is 4.20. The zero-order chi connectivity index (χ0) is 21.4. The van der Waals surface area contributed by atoms with E-state index in [1.165, 1.54) is 6.07 Å². The number of carbonyl (C=O) groups excluding carboxylic acids is 2. The smallest absolute Gasteiger partial charge is 0.267 e. The van der Waals surface area contributed by atoms with Gasteiger partial charge in [0, 0.05) is 63.7 Å². The average molecular weight is 416 g/mol. The molecule has 0 aliphatic carbocycles. The summed E-state index contributed by atoms with van der Waals surface area (Å²) in [7, 11) is 2.07. The van der Waals surface area contributed by atoms with Crippen molar-refractivity contribution in [3.63, 3.8) is 0 Å². The van der Waals surface area contributed by atoms with Gasteiger partial charge in [-0.25, -0.2) is 4.39 Å². The molecule has 2 fully saturated rings. The van der Waals surface area contributed by atoms with E-state index in [4.69, 9.17) is 0 Å². The maximum Gasteiger partial charge on any atom is 0.267 e. The van der Waals surface area contributed by atoms with Gasteiger partial charge in [0.2, 0.25) is 5.91 Å². The molecular weight excluding hydrogens is 385 g/mol. The van der Waals surface area contributed by atoms with Crippen molar-refractivity contribution in [3.8, 4) is 0 Å². The molecule has 30 heavy (non-hydrogen) atoms. The van der Waals surface area contributed by atoms with Crippen LogP contribution in [-0.2, 0) is 4.79 Å². The summed E-state index contributed by atoms with van der Waals surface area (Å²) in [5.41, 5.74) is 1.97. The number of aromatic amines is 1. The van der Waals surface area contributed by atoms with Gasteiger partial charge in [0.05, 0.1) is 5.52 Å². The van der Waals surface area contributed by atoms with Crippen molar-refractivity contribution in [2.45, 2.75) is 32.4 Å². The zero-order valence-electron chi connectivity index (χ0n) is 17.9. The molecule has 7 nitrogen and oxygen atoms in total. The Balaban J connectivity index is 1.42. The van der Waals surface area contributed by atoms with E-state index in [-0.39, 0.29) is 23.7 Å². The highest BCUT2D eigenvalue weighted by Crippen LogP contribution is 2.23. The Bertz CT molecular complexity index is 911. The maximum absolute atomic E-state index is 14.1. The number of H-pyrrole nitrogens is 1. The lowest BCUT2D eigenvalue weighted by Crippen LogP contribution is -2.59. The molecule has 2 saturated heterocycles. The van der Waals surface area contributed by atoms with E-state index in [2.05, 4.69) is 27.1 Å². The first kappa shape index (κ1) is 20.8. The molecule has 2 atom stereocenters. The Morgan fingerprint density at radius 3 is 2.57 bits per heavy atom. The highest BCUT2D eigenvalue weighted by Gasteiger charge is 2.32. The summed E-state index contributed by atoms with van der Waals surface area (Å²) in [6.07, 6.45) is 0.865. The summed E-state index contributed by atoms with van der Waals surface area (Å²) in [5, 5.41) is 3.58. The second-order valence-corrected chi connectivity index (χ2v) is 8.66. The van der Waals surface area contributed by atoms with E-state index >= 15 is 0 Å². The Labute approximate surface area is 176 Å². The van der Waals surface area contributed by atoms with Gasteiger partial charge >= 0.3 is 0 Å². The van der Waals surface area contributed by atoms with E-state index in [9.17, 15) is 14.0 Å². The molecule has 3 heterocycles. The Morgan fingerprint density at radius 2 is 1.90 bits per heavy atom. The molecule has 2 aliphatic heterocycles. The minimum atomic E-state index is -0.326. The van der Waals surface area contributed by atoms with Gasteiger partial charge in [0.25, 0.3) is 5.91 Å². The predicted octanol–water partition coefficient (Wildman–Crippen LogP) is 1.58. The normalized spacial score (nSPS) is 23.7. The van der Waals surface area contributed by atoms with Crippen LogP contribution in [0.25, 0.3) is 10.9 Å². The van der Waals surface area contributed by atoms with Crippen molar-refractivity contribution < 1.29 is 14.0 Å². The summed E-state index contributed by atoms with van der Waals surface area (Å²) in [5.74, 6) is -0.399. The minimum Gasteiger partial charge on any atom is -0.350 e. The van der Waals surface area contributed by atoms with Crippen molar-refractivity contribution >= 4 is 22.7 Å². The lowest BCUT2D eigenvalue weighted by atomic mass is 9.99. The number of piperazine rings is 1. The van der Waals surface area contributed by atoms with Gasteiger partial charge in [-0.2, -0.15) is 0 Å². The number of likely N-dealkylation sites (tertiary alicyclic amines) is 1. The quantitative estimate of drug-likeness (QED) is 0.799. The predicted molar refractivity (Wildman–Crippen MR) is 114 cm³/mol. The molecule has 2 aromatic rings. The monoisotopic (exact) mass is 415 g/mol. The van der Waals surface area contributed by atoms with Crippen LogP contribution in [0.1, 0.15) is 29.4 Å². The number of amides is 2. The molecule has 4 rings (SSSR count). The van der Waals surface area contributed by atoms with Gasteiger partial charge in [0.1, 0.15) is 11.5 Å². The largest absolute Gasteiger partial charge is 0.350 e. The van der Waals surface area contributed by atoms with Crippen molar-refractivity contribution in [2.75, 3.05) is 46.3 Å². The minimum absolute atomic E-state index is 0.0180. The maximum atomic E-state index is 14.1. The molecule has 2 amide bonds. The third-order valence-corrected chi connectivity index (χ3v) is 6.42. The van der Waals surface area contributed by atoms with Gasteiger partial charge in [-0.1, -0.05) is 6.07 Å². The molecule has 162 valence electrons. The topological polar surface area (TPSA) is 71.7 Å². The van der Waals surface area contributed by atoms with E-state index in [0.29, 0.717) is 22.6 Å². The Kier molecular flexibility index (Phi) is 5.79. The second kappa shape index (κ2) is 8.35. The van der Waals surface area contributed by atoms with Crippen LogP contribution in [0.2, 0.25) is 0 Å². The number of likely N-dealkylation sites (N-methyl/N-ethyl adjacent to an activating group) is 1. The molecule has 8 heteroatoms. The first-order valence-electron chi connectivity index (χ1n) is 10.6. The molecule has 0 spiro atoms. The van der Waals surface area contributed by atoms with Crippen LogP contribution >= 0.6 is 0 Å². The van der Waals surface area contributed by atoms with E-state index < -0.39 is 0 Å². The zero-order valence-corrected chi connectivity index (χ0v) is 17.9. The second-order valence-electron chi connectivity index (χ2n) is 8.66. The molecular formula is C22H30FN5O2. The third-order valence-electron chi connectivity index (χ3n) is 6.42. The number of fused-ring (bicyclic) bond motifs is 1.